The fourth-order valence-electron chi connectivity index (χ4n) is 2.00. The molecule has 4 heteroatoms. The third kappa shape index (κ3) is 2.81. The smallest absolute Gasteiger partial charge is 0.0704 e. The third-order valence-electron chi connectivity index (χ3n) is 2.85. The summed E-state index contributed by atoms with van der Waals surface area (Å²) in [6.07, 6.45) is 0. The van der Waals surface area contributed by atoms with Gasteiger partial charge in [0.15, 0.2) is 0 Å². The first kappa shape index (κ1) is 13.3. The van der Waals surface area contributed by atoms with E-state index in [1.165, 1.54) is 25.4 Å². The second-order valence-corrected chi connectivity index (χ2v) is 7.44. The van der Waals surface area contributed by atoms with Gasteiger partial charge in [0.1, 0.15) is 0 Å². The molecule has 0 aliphatic heterocycles. The highest BCUT2D eigenvalue weighted by atomic mass is 79.9. The van der Waals surface area contributed by atoms with E-state index in [0.29, 0.717) is 6.04 Å². The van der Waals surface area contributed by atoms with Crippen LogP contribution in [0.15, 0.2) is 20.6 Å². The Morgan fingerprint density at radius 3 is 2.53 bits per heavy atom. The Morgan fingerprint density at radius 1 is 1.29 bits per heavy atom. The molecule has 2 aromatic rings. The first-order chi connectivity index (χ1) is 8.13. The van der Waals surface area contributed by atoms with Crippen molar-refractivity contribution in [2.24, 2.45) is 0 Å². The molecule has 0 bridgehead atoms. The minimum absolute atomic E-state index is 0.328. The van der Waals surface area contributed by atoms with E-state index in [2.05, 4.69) is 58.8 Å². The SMILES string of the molecule is CCNC(c1cscc1C)c1cc(Br)sc1C. The number of nitrogens with one attached hydrogen (secondary N) is 1. The van der Waals surface area contributed by atoms with E-state index in [1.54, 1.807) is 22.7 Å². The van der Waals surface area contributed by atoms with Gasteiger partial charge < -0.3 is 5.32 Å². The van der Waals surface area contributed by atoms with E-state index in [0.717, 1.165) is 6.54 Å². The Hall–Kier alpha value is -0.160. The van der Waals surface area contributed by atoms with Crippen LogP contribution in [0.1, 0.15) is 34.5 Å². The molecule has 0 spiro atoms. The summed E-state index contributed by atoms with van der Waals surface area (Å²) < 4.78 is 1.21. The molecular formula is C13H16BrNS2. The zero-order chi connectivity index (χ0) is 12.4. The normalized spacial score (nSPS) is 12.9. The van der Waals surface area contributed by atoms with Gasteiger partial charge in [-0.25, -0.2) is 0 Å². The fourth-order valence-corrected chi connectivity index (χ4v) is 4.63. The third-order valence-corrected chi connectivity index (χ3v) is 5.30. The van der Waals surface area contributed by atoms with Crippen molar-refractivity contribution >= 4 is 38.6 Å². The zero-order valence-electron chi connectivity index (χ0n) is 10.2. The van der Waals surface area contributed by atoms with Crippen molar-refractivity contribution in [1.29, 1.82) is 0 Å². The second kappa shape index (κ2) is 5.65. The molecule has 0 fully saturated rings. The van der Waals surface area contributed by atoms with E-state index in [4.69, 9.17) is 0 Å². The quantitative estimate of drug-likeness (QED) is 0.842. The van der Waals surface area contributed by atoms with Gasteiger partial charge in [-0.1, -0.05) is 6.92 Å². The van der Waals surface area contributed by atoms with Crippen molar-refractivity contribution in [3.63, 3.8) is 0 Å². The van der Waals surface area contributed by atoms with Crippen LogP contribution >= 0.6 is 38.6 Å². The monoisotopic (exact) mass is 329 g/mol. The largest absolute Gasteiger partial charge is 0.306 e. The molecule has 2 aromatic heterocycles. The predicted octanol–water partition coefficient (Wildman–Crippen LogP) is 4.89. The number of aryl methyl sites for hydroxylation is 2. The van der Waals surface area contributed by atoms with Crippen LogP contribution in [0.4, 0.5) is 0 Å². The van der Waals surface area contributed by atoms with Crippen molar-refractivity contribution in [3.05, 3.63) is 42.2 Å². The van der Waals surface area contributed by atoms with Crippen molar-refractivity contribution in [1.82, 2.24) is 5.32 Å². The van der Waals surface area contributed by atoms with Gasteiger partial charge in [0.05, 0.1) is 9.83 Å². The average Bonchev–Trinajstić information content (AvgIpc) is 2.82. The molecule has 1 atom stereocenters. The average molecular weight is 330 g/mol. The van der Waals surface area contributed by atoms with Crippen LogP contribution in [0.25, 0.3) is 0 Å². The lowest BCUT2D eigenvalue weighted by atomic mass is 9.99. The van der Waals surface area contributed by atoms with Crippen molar-refractivity contribution in [2.75, 3.05) is 6.54 Å². The van der Waals surface area contributed by atoms with Crippen LogP contribution in [0.3, 0.4) is 0 Å². The minimum atomic E-state index is 0.328. The lowest BCUT2D eigenvalue weighted by Crippen LogP contribution is -2.22. The molecule has 1 N–H and O–H groups in total. The van der Waals surface area contributed by atoms with Gasteiger partial charge in [-0.15, -0.1) is 11.3 Å². The van der Waals surface area contributed by atoms with Crippen molar-refractivity contribution in [2.45, 2.75) is 26.8 Å². The standard InChI is InChI=1S/C13H16BrNS2/c1-4-15-13(11-7-16-6-8(11)2)10-5-12(14)17-9(10)3/h5-7,13,15H,4H2,1-3H3. The summed E-state index contributed by atoms with van der Waals surface area (Å²) in [7, 11) is 0. The molecule has 0 aliphatic carbocycles. The number of rotatable bonds is 4. The summed E-state index contributed by atoms with van der Waals surface area (Å²) in [5.74, 6) is 0. The molecule has 17 heavy (non-hydrogen) atoms. The molecule has 1 nitrogen and oxygen atoms in total. The Labute approximate surface area is 119 Å². The maximum Gasteiger partial charge on any atom is 0.0704 e. The summed E-state index contributed by atoms with van der Waals surface area (Å²) >= 11 is 7.16. The molecule has 0 saturated heterocycles. The van der Waals surface area contributed by atoms with Gasteiger partial charge in [-0.2, -0.15) is 11.3 Å². The van der Waals surface area contributed by atoms with E-state index in [1.807, 2.05) is 0 Å². The Balaban J connectivity index is 2.42. The predicted molar refractivity (Wildman–Crippen MR) is 81.3 cm³/mol. The summed E-state index contributed by atoms with van der Waals surface area (Å²) in [4.78, 5) is 1.38. The van der Waals surface area contributed by atoms with E-state index in [9.17, 15) is 0 Å². The first-order valence-electron chi connectivity index (χ1n) is 5.65. The maximum atomic E-state index is 3.59. The number of thiophene rings is 2. The van der Waals surface area contributed by atoms with Gasteiger partial charge >= 0.3 is 0 Å². The van der Waals surface area contributed by atoms with Gasteiger partial charge in [0, 0.05) is 4.88 Å². The van der Waals surface area contributed by atoms with E-state index < -0.39 is 0 Å². The van der Waals surface area contributed by atoms with Crippen LogP contribution in [0.5, 0.6) is 0 Å². The number of hydrogen-bond acceptors (Lipinski definition) is 3. The van der Waals surface area contributed by atoms with Crippen LogP contribution in [0, 0.1) is 13.8 Å². The molecule has 0 amide bonds. The first-order valence-corrected chi connectivity index (χ1v) is 8.20. The van der Waals surface area contributed by atoms with Crippen LogP contribution in [-0.2, 0) is 0 Å². The van der Waals surface area contributed by atoms with Crippen LogP contribution < -0.4 is 5.32 Å². The van der Waals surface area contributed by atoms with Crippen LogP contribution in [-0.4, -0.2) is 6.54 Å². The number of hydrogen-bond donors (Lipinski definition) is 1. The lowest BCUT2D eigenvalue weighted by Gasteiger charge is -2.18. The van der Waals surface area contributed by atoms with Crippen molar-refractivity contribution in [3.8, 4) is 0 Å². The molecule has 0 aromatic carbocycles. The Kier molecular flexibility index (Phi) is 4.42. The highest BCUT2D eigenvalue weighted by Gasteiger charge is 2.19. The highest BCUT2D eigenvalue weighted by Crippen LogP contribution is 2.35. The van der Waals surface area contributed by atoms with Crippen LogP contribution in [0.2, 0.25) is 0 Å². The second-order valence-electron chi connectivity index (χ2n) is 4.06. The molecule has 0 saturated carbocycles. The fraction of sp³-hybridized carbons (Fsp3) is 0.385. The molecule has 1 unspecified atom stereocenters. The van der Waals surface area contributed by atoms with Gasteiger partial charge in [0.2, 0.25) is 0 Å². The topological polar surface area (TPSA) is 12.0 Å². The Bertz CT molecular complexity index is 501. The van der Waals surface area contributed by atoms with Gasteiger partial charge in [-0.3, -0.25) is 0 Å². The maximum absolute atomic E-state index is 3.59. The van der Waals surface area contributed by atoms with Crippen molar-refractivity contribution < 1.29 is 0 Å². The minimum Gasteiger partial charge on any atom is -0.306 e. The van der Waals surface area contributed by atoms with Gasteiger partial charge in [-0.05, 0) is 69.8 Å². The molecule has 92 valence electrons. The lowest BCUT2D eigenvalue weighted by molar-refractivity contribution is 0.629. The summed E-state index contributed by atoms with van der Waals surface area (Å²) in [5, 5.41) is 8.07. The Morgan fingerprint density at radius 2 is 2.06 bits per heavy atom. The summed E-state index contributed by atoms with van der Waals surface area (Å²) in [5.41, 5.74) is 4.18. The summed E-state index contributed by atoms with van der Waals surface area (Å²) in [6, 6.07) is 2.57. The zero-order valence-corrected chi connectivity index (χ0v) is 13.4. The molecule has 0 radical (unpaired) electrons. The van der Waals surface area contributed by atoms with E-state index in [-0.39, 0.29) is 0 Å². The molecular weight excluding hydrogens is 314 g/mol. The molecule has 2 heterocycles. The number of halogens is 1. The van der Waals surface area contributed by atoms with Gasteiger partial charge in [0.25, 0.3) is 0 Å². The summed E-state index contributed by atoms with van der Waals surface area (Å²) in [6.45, 7) is 7.52. The van der Waals surface area contributed by atoms with E-state index >= 15 is 0 Å². The molecule has 2 rings (SSSR count). The highest BCUT2D eigenvalue weighted by molar-refractivity contribution is 9.11. The molecule has 0 aliphatic rings.